The lowest BCUT2D eigenvalue weighted by atomic mass is 10.1. The molecule has 0 aromatic rings. The number of allylic oxidation sites excluding steroid dienone is 2. The Morgan fingerprint density at radius 2 is 1.32 bits per heavy atom. The van der Waals surface area contributed by atoms with Gasteiger partial charge in [0.25, 0.3) is 0 Å². The molecule has 0 unspecified atom stereocenters. The fraction of sp³-hybridized carbons (Fsp3) is 0.857. The first-order valence-corrected chi connectivity index (χ1v) is 6.95. The molecule has 114 valence electrons. The van der Waals surface area contributed by atoms with Crippen molar-refractivity contribution in [1.29, 1.82) is 0 Å². The highest BCUT2D eigenvalue weighted by Crippen LogP contribution is 2.24. The molecular weight excluding hydrogens is 260 g/mol. The Balaban J connectivity index is 3.34. The van der Waals surface area contributed by atoms with E-state index >= 15 is 0 Å². The average molecular weight is 284 g/mol. The van der Waals surface area contributed by atoms with Crippen molar-refractivity contribution >= 4 is 0 Å². The zero-order valence-electron chi connectivity index (χ0n) is 11.3. The summed E-state index contributed by atoms with van der Waals surface area (Å²) in [4.78, 5) is 0. The summed E-state index contributed by atoms with van der Waals surface area (Å²) in [5.41, 5.74) is 0. The number of hydrogen-bond acceptors (Lipinski definition) is 1. The van der Waals surface area contributed by atoms with E-state index in [0.717, 1.165) is 57.4 Å². The van der Waals surface area contributed by atoms with E-state index in [2.05, 4.69) is 0 Å². The molecule has 0 aliphatic rings. The maximum Gasteiger partial charge on any atom is 0.325 e. The van der Waals surface area contributed by atoms with Crippen LogP contribution >= 0.6 is 0 Å². The Morgan fingerprint density at radius 1 is 0.842 bits per heavy atom. The van der Waals surface area contributed by atoms with Crippen molar-refractivity contribution in [3.8, 4) is 0 Å². The second-order valence-electron chi connectivity index (χ2n) is 4.72. The molecule has 0 radical (unpaired) electrons. The molecule has 0 aromatic carbocycles. The molecule has 0 fully saturated rings. The smallest absolute Gasteiger partial charge is 0.325 e. The summed E-state index contributed by atoms with van der Waals surface area (Å²) < 4.78 is 48.5. The van der Waals surface area contributed by atoms with Crippen LogP contribution in [0.4, 0.5) is 17.6 Å². The maximum atomic E-state index is 12.5. The van der Waals surface area contributed by atoms with Crippen LogP contribution < -0.4 is 0 Å². The van der Waals surface area contributed by atoms with Crippen LogP contribution in [0.15, 0.2) is 12.2 Å². The zero-order chi connectivity index (χ0) is 14.6. The summed E-state index contributed by atoms with van der Waals surface area (Å²) in [5.74, 6) is -3.99. The second-order valence-corrected chi connectivity index (χ2v) is 4.72. The standard InChI is InChI=1S/C14H24F4O/c15-13(16)14(17,18)11-9-7-5-3-1-2-4-6-8-10-12-19/h9,11,13,19H,1-8,10,12H2/b11-9+. The van der Waals surface area contributed by atoms with Crippen molar-refractivity contribution < 1.29 is 22.7 Å². The Morgan fingerprint density at radius 3 is 1.79 bits per heavy atom. The molecule has 0 rings (SSSR count). The van der Waals surface area contributed by atoms with Crippen LogP contribution in [0.3, 0.4) is 0 Å². The monoisotopic (exact) mass is 284 g/mol. The molecule has 0 amide bonds. The third-order valence-corrected chi connectivity index (χ3v) is 2.91. The summed E-state index contributed by atoms with van der Waals surface area (Å²) in [6.45, 7) is 0.246. The fourth-order valence-electron chi connectivity index (χ4n) is 1.75. The summed E-state index contributed by atoms with van der Waals surface area (Å²) in [6.07, 6.45) is 6.22. The highest BCUT2D eigenvalue weighted by atomic mass is 19.3. The quantitative estimate of drug-likeness (QED) is 0.305. The molecule has 1 N–H and O–H groups in total. The van der Waals surface area contributed by atoms with Gasteiger partial charge < -0.3 is 5.11 Å². The molecule has 0 aliphatic heterocycles. The molecular formula is C14H24F4O. The van der Waals surface area contributed by atoms with Crippen molar-refractivity contribution in [3.63, 3.8) is 0 Å². The Bertz CT molecular complexity index is 229. The summed E-state index contributed by atoms with van der Waals surface area (Å²) in [7, 11) is 0. The number of aliphatic hydroxyl groups is 1. The van der Waals surface area contributed by atoms with E-state index in [1.54, 1.807) is 0 Å². The van der Waals surface area contributed by atoms with E-state index in [0.29, 0.717) is 12.5 Å². The van der Waals surface area contributed by atoms with Crippen molar-refractivity contribution in [3.05, 3.63) is 12.2 Å². The van der Waals surface area contributed by atoms with Gasteiger partial charge in [0.2, 0.25) is 0 Å². The van der Waals surface area contributed by atoms with Crippen LogP contribution in [-0.2, 0) is 0 Å². The number of unbranched alkanes of at least 4 members (excludes halogenated alkanes) is 8. The molecule has 1 nitrogen and oxygen atoms in total. The lowest BCUT2D eigenvalue weighted by Crippen LogP contribution is -2.22. The highest BCUT2D eigenvalue weighted by Gasteiger charge is 2.37. The van der Waals surface area contributed by atoms with E-state index in [1.807, 2.05) is 0 Å². The Hall–Kier alpha value is -0.580. The fourth-order valence-corrected chi connectivity index (χ4v) is 1.75. The predicted octanol–water partition coefficient (Wildman–Crippen LogP) is 4.95. The van der Waals surface area contributed by atoms with Crippen molar-refractivity contribution in [2.24, 2.45) is 0 Å². The third kappa shape index (κ3) is 11.0. The molecule has 0 bridgehead atoms. The van der Waals surface area contributed by atoms with Gasteiger partial charge in [-0.05, 0) is 25.3 Å². The van der Waals surface area contributed by atoms with Gasteiger partial charge in [0.15, 0.2) is 0 Å². The topological polar surface area (TPSA) is 20.2 Å². The molecule has 0 spiro atoms. The molecule has 0 atom stereocenters. The van der Waals surface area contributed by atoms with Crippen LogP contribution in [0.1, 0.15) is 57.8 Å². The second kappa shape index (κ2) is 11.3. The van der Waals surface area contributed by atoms with Gasteiger partial charge in [-0.1, -0.05) is 44.6 Å². The average Bonchev–Trinajstić information content (AvgIpc) is 2.35. The van der Waals surface area contributed by atoms with Crippen LogP contribution in [0.2, 0.25) is 0 Å². The van der Waals surface area contributed by atoms with Gasteiger partial charge in [-0.25, -0.2) is 8.78 Å². The number of alkyl halides is 4. The maximum absolute atomic E-state index is 12.5. The number of halogens is 4. The Labute approximate surface area is 112 Å². The SMILES string of the molecule is OCCCCCCCCCC/C=C/C(F)(F)C(F)F. The minimum Gasteiger partial charge on any atom is -0.396 e. The molecule has 5 heteroatoms. The molecule has 0 saturated carbocycles. The van der Waals surface area contributed by atoms with E-state index in [1.165, 1.54) is 0 Å². The van der Waals surface area contributed by atoms with Gasteiger partial charge in [-0.15, -0.1) is 0 Å². The minimum absolute atomic E-state index is 0.246. The van der Waals surface area contributed by atoms with Gasteiger partial charge in [0.1, 0.15) is 0 Å². The van der Waals surface area contributed by atoms with Crippen LogP contribution in [0, 0.1) is 0 Å². The molecule has 0 aromatic heterocycles. The molecule has 0 saturated heterocycles. The zero-order valence-corrected chi connectivity index (χ0v) is 11.3. The van der Waals surface area contributed by atoms with Gasteiger partial charge in [0, 0.05) is 6.61 Å². The van der Waals surface area contributed by atoms with Gasteiger partial charge in [-0.2, -0.15) is 8.78 Å². The first kappa shape index (κ1) is 18.4. The number of rotatable bonds is 12. The molecule has 0 heterocycles. The number of hydrogen-bond donors (Lipinski definition) is 1. The highest BCUT2D eigenvalue weighted by molar-refractivity contribution is 4.96. The Kier molecular flexibility index (Phi) is 10.9. The predicted molar refractivity (Wildman–Crippen MR) is 68.7 cm³/mol. The normalized spacial score (nSPS) is 12.7. The van der Waals surface area contributed by atoms with Crippen LogP contribution in [0.25, 0.3) is 0 Å². The number of aliphatic hydroxyl groups excluding tert-OH is 1. The van der Waals surface area contributed by atoms with Crippen LogP contribution in [0.5, 0.6) is 0 Å². The summed E-state index contributed by atoms with van der Waals surface area (Å²) in [5, 5.41) is 8.57. The molecule has 19 heavy (non-hydrogen) atoms. The lowest BCUT2D eigenvalue weighted by molar-refractivity contribution is -0.0908. The van der Waals surface area contributed by atoms with E-state index in [4.69, 9.17) is 5.11 Å². The molecule has 0 aliphatic carbocycles. The van der Waals surface area contributed by atoms with E-state index in [-0.39, 0.29) is 6.61 Å². The van der Waals surface area contributed by atoms with E-state index in [9.17, 15) is 17.6 Å². The van der Waals surface area contributed by atoms with Gasteiger partial charge >= 0.3 is 12.3 Å². The van der Waals surface area contributed by atoms with E-state index < -0.39 is 12.3 Å². The van der Waals surface area contributed by atoms with Crippen molar-refractivity contribution in [2.75, 3.05) is 6.61 Å². The lowest BCUT2D eigenvalue weighted by Gasteiger charge is -2.09. The van der Waals surface area contributed by atoms with Gasteiger partial charge in [0.05, 0.1) is 0 Å². The van der Waals surface area contributed by atoms with Gasteiger partial charge in [-0.3, -0.25) is 0 Å². The largest absolute Gasteiger partial charge is 0.396 e. The van der Waals surface area contributed by atoms with Crippen molar-refractivity contribution in [2.45, 2.75) is 70.1 Å². The first-order valence-electron chi connectivity index (χ1n) is 6.95. The first-order chi connectivity index (χ1) is 9.00. The van der Waals surface area contributed by atoms with Crippen molar-refractivity contribution in [1.82, 2.24) is 0 Å². The van der Waals surface area contributed by atoms with Crippen LogP contribution in [-0.4, -0.2) is 24.1 Å². The summed E-state index contributed by atoms with van der Waals surface area (Å²) >= 11 is 0. The minimum atomic E-state index is -3.99. The summed E-state index contributed by atoms with van der Waals surface area (Å²) in [6, 6.07) is 0. The third-order valence-electron chi connectivity index (χ3n) is 2.91.